The Morgan fingerprint density at radius 3 is 2.31 bits per heavy atom. The van der Waals surface area contributed by atoms with Crippen molar-refractivity contribution in [3.05, 3.63) is 53.6 Å². The number of carbonyl (C=O) groups excluding carboxylic acids is 8. The third-order valence-corrected chi connectivity index (χ3v) is 17.6. The van der Waals surface area contributed by atoms with Gasteiger partial charge in [-0.15, -0.1) is 5.06 Å². The number of fused-ring (bicyclic) bond motifs is 7. The fourth-order valence-electron chi connectivity index (χ4n) is 14.7. The van der Waals surface area contributed by atoms with E-state index in [4.69, 9.17) is 4.84 Å². The molecule has 9 aliphatic rings. The Balaban J connectivity index is 0.768. The number of hydrogen-bond donors (Lipinski definition) is 6. The predicted octanol–water partition coefficient (Wildman–Crippen LogP) is 1.99. The number of amides is 5. The quantitative estimate of drug-likeness (QED) is 0.122. The van der Waals surface area contributed by atoms with Gasteiger partial charge >= 0.3 is 11.9 Å². The van der Waals surface area contributed by atoms with Crippen LogP contribution < -0.4 is 20.9 Å². The normalized spacial score (nSPS) is 35.4. The number of aliphatic carboxylic acids is 1. The van der Waals surface area contributed by atoms with E-state index in [2.05, 4.69) is 59.0 Å². The van der Waals surface area contributed by atoms with Gasteiger partial charge < -0.3 is 41.0 Å². The molecule has 68 heavy (non-hydrogen) atoms. The lowest BCUT2D eigenvalue weighted by Gasteiger charge is -2.71. The highest BCUT2D eigenvalue weighted by molar-refractivity contribution is 6.02. The molecule has 18 nitrogen and oxygen atoms in total. The van der Waals surface area contributed by atoms with Crippen LogP contribution in [-0.4, -0.2) is 117 Å². The van der Waals surface area contributed by atoms with E-state index in [0.29, 0.717) is 43.8 Å². The number of ketones is 2. The van der Waals surface area contributed by atoms with Crippen LogP contribution in [-0.2, 0) is 54.4 Å². The van der Waals surface area contributed by atoms with E-state index in [9.17, 15) is 58.5 Å². The third-order valence-electron chi connectivity index (χ3n) is 17.6. The Kier molecular flexibility index (Phi) is 12.1. The van der Waals surface area contributed by atoms with Gasteiger partial charge in [0.2, 0.25) is 17.7 Å². The topological polar surface area (TPSA) is 266 Å². The number of carbonyl (C=O) groups is 9. The Hall–Kier alpha value is -5.75. The number of carboxylic acid groups (broad SMARTS) is 1. The average molecular weight is 940 g/mol. The summed E-state index contributed by atoms with van der Waals surface area (Å²) in [7, 11) is 0. The molecule has 9 atom stereocenters. The molecule has 1 aromatic carbocycles. The van der Waals surface area contributed by atoms with Gasteiger partial charge in [0.05, 0.1) is 24.5 Å². The van der Waals surface area contributed by atoms with E-state index in [0.717, 1.165) is 42.5 Å². The second kappa shape index (κ2) is 17.3. The van der Waals surface area contributed by atoms with Crippen molar-refractivity contribution in [1.82, 2.24) is 21.0 Å². The minimum Gasteiger partial charge on any atom is -0.481 e. The van der Waals surface area contributed by atoms with Gasteiger partial charge in [-0.05, 0) is 116 Å². The molecule has 7 aliphatic carbocycles. The van der Waals surface area contributed by atoms with Crippen molar-refractivity contribution < 1.29 is 63.3 Å². The van der Waals surface area contributed by atoms with Crippen LogP contribution in [0.25, 0.3) is 0 Å². The summed E-state index contributed by atoms with van der Waals surface area (Å²) in [6.07, 6.45) is 9.01. The van der Waals surface area contributed by atoms with Crippen LogP contribution in [0.15, 0.2) is 48.1 Å². The number of carboxylic acids is 1. The molecule has 8 fully saturated rings. The number of benzene rings is 1. The first-order valence-electron chi connectivity index (χ1n) is 24.0. The number of Topliss-reactive ketones (excluding diaryl/α,β-unsaturated/α-hetero) is 1. The highest BCUT2D eigenvalue weighted by atomic mass is 16.7. The first-order chi connectivity index (χ1) is 32.2. The van der Waals surface area contributed by atoms with Crippen LogP contribution in [0.1, 0.15) is 103 Å². The zero-order chi connectivity index (χ0) is 48.6. The molecule has 364 valence electrons. The molecule has 2 saturated heterocycles. The minimum absolute atomic E-state index is 0.00777. The van der Waals surface area contributed by atoms with Gasteiger partial charge in [-0.25, -0.2) is 4.79 Å². The molecular weight excluding hydrogens is 879 g/mol. The molecule has 0 radical (unpaired) electrons. The van der Waals surface area contributed by atoms with Gasteiger partial charge in [0.25, 0.3) is 11.8 Å². The second-order valence-electron chi connectivity index (χ2n) is 21.6. The summed E-state index contributed by atoms with van der Waals surface area (Å²) in [4.78, 5) is 119. The van der Waals surface area contributed by atoms with E-state index in [-0.39, 0.29) is 66.3 Å². The van der Waals surface area contributed by atoms with Crippen LogP contribution >= 0.6 is 0 Å². The number of hydroxylamine groups is 2. The maximum absolute atomic E-state index is 14.2. The lowest BCUT2D eigenvalue weighted by molar-refractivity contribution is -0.197. The summed E-state index contributed by atoms with van der Waals surface area (Å²) in [5.74, 6) is -5.20. The number of imide groups is 1. The van der Waals surface area contributed by atoms with Gasteiger partial charge in [-0.3, -0.25) is 38.4 Å². The maximum atomic E-state index is 14.2. The standard InChI is InChI=1S/C50H61N5O13/c1-46-16-15-32(57)17-29(46)5-8-33-34-18-30-22-54(27-50(30,37(59)23-56)47(34,2)20-36(58)44(33)46)31-6-3-28(4-7-31)19-48-24-49(25-48,26-48)53-45(67)35(9-13-42(64)65)52-39(61)21-51-38(60)10-14-43(66)68-55-40(62)11-12-41(55)63/h3-4,6-7,15-17,30,33-36,44,56,58H,5,8-14,18-27H2,1-2H3,(H,51,60)(H,52,61)(H,53,67)(H,64,65)/t30-,33-,34-,35-,36-,44+,46-,47-,48?,49?,50+/m0/s1. The summed E-state index contributed by atoms with van der Waals surface area (Å²) >= 11 is 0. The number of aliphatic hydroxyl groups excluding tert-OH is 2. The van der Waals surface area contributed by atoms with Gasteiger partial charge in [0.1, 0.15) is 12.6 Å². The van der Waals surface area contributed by atoms with Gasteiger partial charge in [-0.1, -0.05) is 37.6 Å². The van der Waals surface area contributed by atoms with Gasteiger partial charge in [0, 0.05) is 61.3 Å². The van der Waals surface area contributed by atoms with E-state index in [1.807, 2.05) is 6.08 Å². The van der Waals surface area contributed by atoms with Crippen LogP contribution in [0.5, 0.6) is 0 Å². The van der Waals surface area contributed by atoms with E-state index < -0.39 is 101 Å². The molecule has 1 aromatic rings. The van der Waals surface area contributed by atoms with Crippen LogP contribution in [0, 0.1) is 45.3 Å². The van der Waals surface area contributed by atoms with E-state index >= 15 is 0 Å². The van der Waals surface area contributed by atoms with E-state index in [1.165, 1.54) is 0 Å². The molecule has 18 heteroatoms. The number of aliphatic hydroxyl groups is 2. The van der Waals surface area contributed by atoms with E-state index in [1.54, 1.807) is 12.2 Å². The molecular formula is C50H61N5O13. The largest absolute Gasteiger partial charge is 0.481 e. The Bertz CT molecular complexity index is 2380. The summed E-state index contributed by atoms with van der Waals surface area (Å²) < 4.78 is 0. The smallest absolute Gasteiger partial charge is 0.333 e. The zero-order valence-corrected chi connectivity index (χ0v) is 38.6. The fourth-order valence-corrected chi connectivity index (χ4v) is 14.7. The monoisotopic (exact) mass is 939 g/mol. The summed E-state index contributed by atoms with van der Waals surface area (Å²) in [6, 6.07) is 7.20. The summed E-state index contributed by atoms with van der Waals surface area (Å²) in [5, 5.41) is 40.1. The molecule has 0 spiro atoms. The summed E-state index contributed by atoms with van der Waals surface area (Å²) in [6.45, 7) is 4.37. The maximum Gasteiger partial charge on any atom is 0.333 e. The number of hydrogen-bond acceptors (Lipinski definition) is 13. The van der Waals surface area contributed by atoms with Gasteiger partial charge in [0.15, 0.2) is 11.6 Å². The van der Waals surface area contributed by atoms with Crippen LogP contribution in [0.2, 0.25) is 0 Å². The minimum atomic E-state index is -1.17. The molecule has 2 aliphatic heterocycles. The SMILES string of the molecule is C[C@]12C=CC(=O)C=C1CC[C@@H]1[C@@H]2[C@@H](O)C[C@@]2(C)[C@H]1C[C@H]1CN(c3ccc(CC45CC(NC(=O)[C@H](CCC(=O)O)NC(=O)CNC(=O)CCC(=O)ON6C(=O)CCC6=O)(C4)C5)cc3)C[C@]12C(=O)CO. The molecule has 10 rings (SSSR count). The Labute approximate surface area is 393 Å². The lowest BCUT2D eigenvalue weighted by Crippen LogP contribution is -2.76. The first-order valence-corrected chi connectivity index (χ1v) is 24.0. The van der Waals surface area contributed by atoms with Crippen molar-refractivity contribution in [1.29, 1.82) is 0 Å². The van der Waals surface area contributed by atoms with Crippen LogP contribution in [0.4, 0.5) is 5.69 Å². The first kappa shape index (κ1) is 47.3. The Morgan fingerprint density at radius 2 is 1.63 bits per heavy atom. The lowest BCUT2D eigenvalue weighted by atomic mass is 9.38. The molecule has 6 saturated carbocycles. The number of nitrogens with one attached hydrogen (secondary N) is 3. The molecule has 0 unspecified atom stereocenters. The van der Waals surface area contributed by atoms with Crippen molar-refractivity contribution in [2.75, 3.05) is 31.1 Å². The van der Waals surface area contributed by atoms with Crippen LogP contribution in [0.3, 0.4) is 0 Å². The number of nitrogens with zero attached hydrogens (tertiary/aromatic N) is 2. The van der Waals surface area contributed by atoms with Crippen molar-refractivity contribution in [3.63, 3.8) is 0 Å². The van der Waals surface area contributed by atoms with Crippen molar-refractivity contribution in [2.24, 2.45) is 45.3 Å². The van der Waals surface area contributed by atoms with Crippen molar-refractivity contribution >= 4 is 58.7 Å². The highest BCUT2D eigenvalue weighted by Crippen LogP contribution is 2.73. The molecule has 2 heterocycles. The molecule has 2 bridgehead atoms. The number of rotatable bonds is 17. The molecule has 0 aromatic heterocycles. The van der Waals surface area contributed by atoms with Crippen molar-refractivity contribution in [3.8, 4) is 0 Å². The molecule has 6 N–H and O–H groups in total. The number of anilines is 1. The van der Waals surface area contributed by atoms with Crippen molar-refractivity contribution in [2.45, 2.75) is 121 Å². The predicted molar refractivity (Wildman–Crippen MR) is 239 cm³/mol. The third kappa shape index (κ3) is 8.03. The van der Waals surface area contributed by atoms with Gasteiger partial charge in [-0.2, -0.15) is 0 Å². The second-order valence-corrected chi connectivity index (χ2v) is 21.6. The summed E-state index contributed by atoms with van der Waals surface area (Å²) in [5.41, 5.74) is 0.972. The Morgan fingerprint density at radius 1 is 0.926 bits per heavy atom. The number of allylic oxidation sites excluding steroid dienone is 4. The average Bonchev–Trinajstić information content (AvgIpc) is 3.90. The zero-order valence-electron chi connectivity index (χ0n) is 38.6. The fraction of sp³-hybridized carbons (Fsp3) is 0.620. The molecule has 5 amide bonds. The highest BCUT2D eigenvalue weighted by Gasteiger charge is 2.73.